The third-order valence-corrected chi connectivity index (χ3v) is 3.92. The Morgan fingerprint density at radius 1 is 1.42 bits per heavy atom. The van der Waals surface area contributed by atoms with Gasteiger partial charge < -0.3 is 0 Å². The highest BCUT2D eigenvalue weighted by Crippen LogP contribution is 2.16. The topological polar surface area (TPSA) is 54.4 Å². The largest absolute Gasteiger partial charge is 0.285 e. The first-order chi connectivity index (χ1) is 5.39. The Bertz CT molecular complexity index is 209. The fourth-order valence-electron chi connectivity index (χ4n) is 1.06. The molecule has 1 N–H and O–H groups in total. The molecule has 0 heterocycles. The molecule has 0 aliphatic carbocycles. The maximum atomic E-state index is 10.8. The van der Waals surface area contributed by atoms with Crippen LogP contribution in [0.5, 0.6) is 0 Å². The Morgan fingerprint density at radius 2 is 1.92 bits per heavy atom. The first kappa shape index (κ1) is 12.3. The summed E-state index contributed by atoms with van der Waals surface area (Å²) in [7, 11) is -3.85. The van der Waals surface area contributed by atoms with Gasteiger partial charge in [0, 0.05) is 0 Å². The third-order valence-electron chi connectivity index (χ3n) is 1.73. The molecule has 12 heavy (non-hydrogen) atoms. The molecule has 0 aromatic carbocycles. The second kappa shape index (κ2) is 5.09. The molecule has 5 heteroatoms. The molecule has 0 aromatic rings. The maximum absolute atomic E-state index is 10.8. The van der Waals surface area contributed by atoms with Crippen LogP contribution in [0.15, 0.2) is 0 Å². The van der Waals surface area contributed by atoms with Crippen molar-refractivity contribution < 1.29 is 13.0 Å². The summed E-state index contributed by atoms with van der Waals surface area (Å²) in [4.78, 5) is 0. The Balaban J connectivity index is 4.26. The minimum absolute atomic E-state index is 0.0212. The molecule has 0 saturated carbocycles. The average Bonchev–Trinajstić information content (AvgIpc) is 1.84. The van der Waals surface area contributed by atoms with Crippen LogP contribution in [0.3, 0.4) is 0 Å². The molecule has 1 unspecified atom stereocenters. The number of rotatable bonds is 5. The summed E-state index contributed by atoms with van der Waals surface area (Å²) in [5, 5.41) is -0.607. The molecule has 0 aliphatic rings. The van der Waals surface area contributed by atoms with Crippen molar-refractivity contribution in [1.82, 2.24) is 0 Å². The minimum atomic E-state index is -3.85. The van der Waals surface area contributed by atoms with Crippen LogP contribution >= 0.6 is 11.8 Å². The van der Waals surface area contributed by atoms with Crippen molar-refractivity contribution in [2.24, 2.45) is 5.92 Å². The fraction of sp³-hybridized carbons (Fsp3) is 1.00. The zero-order valence-electron chi connectivity index (χ0n) is 7.65. The van der Waals surface area contributed by atoms with E-state index in [2.05, 4.69) is 0 Å². The SMILES string of the molecule is CSCCC(C(C)C)S(=O)(=O)O. The lowest BCUT2D eigenvalue weighted by molar-refractivity contribution is 0.438. The van der Waals surface area contributed by atoms with Gasteiger partial charge in [-0.2, -0.15) is 20.2 Å². The van der Waals surface area contributed by atoms with Gasteiger partial charge in [-0.3, -0.25) is 4.55 Å². The van der Waals surface area contributed by atoms with E-state index in [0.29, 0.717) is 6.42 Å². The molecule has 0 aromatic heterocycles. The van der Waals surface area contributed by atoms with Gasteiger partial charge in [-0.05, 0) is 24.3 Å². The minimum Gasteiger partial charge on any atom is -0.285 e. The van der Waals surface area contributed by atoms with Crippen LogP contribution < -0.4 is 0 Å². The van der Waals surface area contributed by atoms with Gasteiger partial charge in [-0.1, -0.05) is 13.8 Å². The molecule has 0 spiro atoms. The monoisotopic (exact) mass is 212 g/mol. The van der Waals surface area contributed by atoms with Crippen LogP contribution in [0.4, 0.5) is 0 Å². The lowest BCUT2D eigenvalue weighted by Crippen LogP contribution is -2.26. The fourth-order valence-corrected chi connectivity index (χ4v) is 2.80. The number of thioether (sulfide) groups is 1. The highest BCUT2D eigenvalue weighted by Gasteiger charge is 2.25. The van der Waals surface area contributed by atoms with Gasteiger partial charge in [0.2, 0.25) is 0 Å². The van der Waals surface area contributed by atoms with Gasteiger partial charge in [0.25, 0.3) is 10.1 Å². The molecule has 0 rings (SSSR count). The predicted octanol–water partition coefficient (Wildman–Crippen LogP) is 1.65. The van der Waals surface area contributed by atoms with Gasteiger partial charge in [0.05, 0.1) is 5.25 Å². The van der Waals surface area contributed by atoms with E-state index < -0.39 is 15.4 Å². The lowest BCUT2D eigenvalue weighted by Gasteiger charge is -2.16. The van der Waals surface area contributed by atoms with E-state index >= 15 is 0 Å². The van der Waals surface area contributed by atoms with Crippen LogP contribution in [-0.2, 0) is 10.1 Å². The lowest BCUT2D eigenvalue weighted by atomic mass is 10.1. The molecular weight excluding hydrogens is 196 g/mol. The van der Waals surface area contributed by atoms with Crippen LogP contribution in [0.25, 0.3) is 0 Å². The number of hydrogen-bond donors (Lipinski definition) is 1. The first-order valence-electron chi connectivity index (χ1n) is 3.84. The third kappa shape index (κ3) is 4.33. The van der Waals surface area contributed by atoms with E-state index in [1.165, 1.54) is 0 Å². The van der Waals surface area contributed by atoms with Crippen LogP contribution in [0.1, 0.15) is 20.3 Å². The summed E-state index contributed by atoms with van der Waals surface area (Å²) >= 11 is 1.59. The zero-order valence-corrected chi connectivity index (χ0v) is 9.28. The van der Waals surface area contributed by atoms with Crippen molar-refractivity contribution in [2.75, 3.05) is 12.0 Å². The second-order valence-corrected chi connectivity index (χ2v) is 5.70. The summed E-state index contributed by atoms with van der Waals surface area (Å²) in [6.07, 6.45) is 2.44. The van der Waals surface area contributed by atoms with Crippen LogP contribution in [0, 0.1) is 5.92 Å². The van der Waals surface area contributed by atoms with Crippen molar-refractivity contribution >= 4 is 21.9 Å². The van der Waals surface area contributed by atoms with Gasteiger partial charge >= 0.3 is 0 Å². The number of hydrogen-bond acceptors (Lipinski definition) is 3. The van der Waals surface area contributed by atoms with Gasteiger partial charge in [0.15, 0.2) is 0 Å². The van der Waals surface area contributed by atoms with E-state index in [0.717, 1.165) is 5.75 Å². The summed E-state index contributed by atoms with van der Waals surface area (Å²) in [5.74, 6) is 0.745. The maximum Gasteiger partial charge on any atom is 0.268 e. The van der Waals surface area contributed by atoms with Gasteiger partial charge in [-0.25, -0.2) is 0 Å². The highest BCUT2D eigenvalue weighted by molar-refractivity contribution is 7.98. The molecule has 0 bridgehead atoms. The van der Waals surface area contributed by atoms with Crippen molar-refractivity contribution in [3.05, 3.63) is 0 Å². The molecule has 0 amide bonds. The first-order valence-corrected chi connectivity index (χ1v) is 6.74. The highest BCUT2D eigenvalue weighted by atomic mass is 32.2. The molecule has 74 valence electrons. The summed E-state index contributed by atoms with van der Waals surface area (Å²) < 4.78 is 30.5. The van der Waals surface area contributed by atoms with Crippen LogP contribution in [-0.4, -0.2) is 30.2 Å². The second-order valence-electron chi connectivity index (χ2n) is 3.08. The standard InChI is InChI=1S/C7H16O3S2/c1-6(2)7(4-5-11-3)12(8,9)10/h6-7H,4-5H2,1-3H3,(H,8,9,10). The van der Waals surface area contributed by atoms with E-state index in [9.17, 15) is 8.42 Å². The van der Waals surface area contributed by atoms with E-state index in [1.54, 1.807) is 25.6 Å². The Morgan fingerprint density at radius 3 is 2.17 bits per heavy atom. The van der Waals surface area contributed by atoms with Crippen LogP contribution in [0.2, 0.25) is 0 Å². The Labute approximate surface area is 78.7 Å². The zero-order chi connectivity index (χ0) is 9.78. The molecule has 1 atom stereocenters. The van der Waals surface area contributed by atoms with E-state index in [4.69, 9.17) is 4.55 Å². The summed E-state index contributed by atoms with van der Waals surface area (Å²) in [6.45, 7) is 3.61. The van der Waals surface area contributed by atoms with Crippen molar-refractivity contribution in [2.45, 2.75) is 25.5 Å². The smallest absolute Gasteiger partial charge is 0.268 e. The normalized spacial score (nSPS) is 15.1. The van der Waals surface area contributed by atoms with E-state index in [1.807, 2.05) is 6.26 Å². The summed E-state index contributed by atoms with van der Waals surface area (Å²) in [5.41, 5.74) is 0. The molecule has 0 fully saturated rings. The van der Waals surface area contributed by atoms with Gasteiger partial charge in [0.1, 0.15) is 0 Å². The Hall–Kier alpha value is 0.260. The average molecular weight is 212 g/mol. The van der Waals surface area contributed by atoms with Crippen molar-refractivity contribution in [3.8, 4) is 0 Å². The van der Waals surface area contributed by atoms with Crippen molar-refractivity contribution in [3.63, 3.8) is 0 Å². The molecular formula is C7H16O3S2. The van der Waals surface area contributed by atoms with Crippen molar-refractivity contribution in [1.29, 1.82) is 0 Å². The molecule has 3 nitrogen and oxygen atoms in total. The molecule has 0 saturated heterocycles. The predicted molar refractivity (Wildman–Crippen MR) is 53.2 cm³/mol. The molecule has 0 aliphatic heterocycles. The Kier molecular flexibility index (Phi) is 5.20. The van der Waals surface area contributed by atoms with Gasteiger partial charge in [-0.15, -0.1) is 0 Å². The van der Waals surface area contributed by atoms with E-state index in [-0.39, 0.29) is 5.92 Å². The molecule has 0 radical (unpaired) electrons. The summed E-state index contributed by atoms with van der Waals surface area (Å²) in [6, 6.07) is 0. The quantitative estimate of drug-likeness (QED) is 0.704.